The quantitative estimate of drug-likeness (QED) is 0.688. The molecule has 6 heteroatoms. The minimum Gasteiger partial charge on any atom is -0.339 e. The molecular weight excluding hydrogens is 440 g/mol. The van der Waals surface area contributed by atoms with E-state index in [2.05, 4.69) is 52.8 Å². The summed E-state index contributed by atoms with van der Waals surface area (Å²) in [5.74, 6) is 1.62. The van der Waals surface area contributed by atoms with Crippen molar-refractivity contribution in [1.29, 1.82) is 0 Å². The van der Waals surface area contributed by atoms with Crippen LogP contribution in [-0.2, 0) is 16.8 Å². The van der Waals surface area contributed by atoms with Crippen molar-refractivity contribution in [2.45, 2.75) is 75.8 Å². The highest BCUT2D eigenvalue weighted by Crippen LogP contribution is 2.45. The molecule has 2 aromatic rings. The van der Waals surface area contributed by atoms with Crippen LogP contribution in [0.5, 0.6) is 0 Å². The Balaban J connectivity index is 1.30. The molecule has 0 bridgehead atoms. The SMILES string of the molecule is Cc1nc2c(s1)[C@]1(CNC2)CNCC1C(=O)N1CC[C@@H](c2ccccc2)C[C@H]1C1CCCCC1. The van der Waals surface area contributed by atoms with Gasteiger partial charge in [-0.2, -0.15) is 0 Å². The normalized spacial score (nSPS) is 32.1. The maximum absolute atomic E-state index is 14.4. The van der Waals surface area contributed by atoms with Crippen molar-refractivity contribution in [1.82, 2.24) is 20.5 Å². The third-order valence-electron chi connectivity index (χ3n) is 9.14. The van der Waals surface area contributed by atoms with Gasteiger partial charge in [0.1, 0.15) is 0 Å². The van der Waals surface area contributed by atoms with Crippen LogP contribution in [0.4, 0.5) is 0 Å². The van der Waals surface area contributed by atoms with E-state index in [0.29, 0.717) is 23.8 Å². The molecule has 4 aliphatic rings. The van der Waals surface area contributed by atoms with Crippen LogP contribution in [0, 0.1) is 18.8 Å². The summed E-state index contributed by atoms with van der Waals surface area (Å²) in [5.41, 5.74) is 2.47. The zero-order chi connectivity index (χ0) is 23.1. The number of nitrogens with one attached hydrogen (secondary N) is 2. The molecule has 1 unspecified atom stereocenters. The van der Waals surface area contributed by atoms with E-state index in [-0.39, 0.29) is 11.3 Å². The summed E-state index contributed by atoms with van der Waals surface area (Å²) in [7, 11) is 0. The number of carbonyl (C=O) groups is 1. The Labute approximate surface area is 207 Å². The Bertz CT molecular complexity index is 1020. The van der Waals surface area contributed by atoms with Gasteiger partial charge in [0, 0.05) is 49.1 Å². The maximum atomic E-state index is 14.4. The first-order chi connectivity index (χ1) is 16.7. The second-order valence-corrected chi connectivity index (χ2v) is 12.3. The molecule has 2 N–H and O–H groups in total. The average molecular weight is 479 g/mol. The van der Waals surface area contributed by atoms with Crippen LogP contribution >= 0.6 is 11.3 Å². The van der Waals surface area contributed by atoms with Crippen LogP contribution in [0.3, 0.4) is 0 Å². The van der Waals surface area contributed by atoms with Gasteiger partial charge in [0.2, 0.25) is 5.91 Å². The largest absolute Gasteiger partial charge is 0.339 e. The van der Waals surface area contributed by atoms with Crippen LogP contribution in [0.25, 0.3) is 0 Å². The van der Waals surface area contributed by atoms with E-state index in [9.17, 15) is 4.79 Å². The lowest BCUT2D eigenvalue weighted by Crippen LogP contribution is -2.57. The molecule has 4 atom stereocenters. The molecule has 1 aromatic carbocycles. The molecule has 1 aromatic heterocycles. The summed E-state index contributed by atoms with van der Waals surface area (Å²) in [6.07, 6.45) is 8.76. The molecule has 6 rings (SSSR count). The fourth-order valence-electron chi connectivity index (χ4n) is 7.43. The summed E-state index contributed by atoms with van der Waals surface area (Å²) in [6, 6.07) is 11.4. The maximum Gasteiger partial charge on any atom is 0.228 e. The van der Waals surface area contributed by atoms with Crippen LogP contribution in [0.1, 0.15) is 72.0 Å². The zero-order valence-electron chi connectivity index (χ0n) is 20.4. The second-order valence-electron chi connectivity index (χ2n) is 11.1. The van der Waals surface area contributed by atoms with Crippen molar-refractivity contribution in [2.24, 2.45) is 11.8 Å². The Kier molecular flexibility index (Phi) is 6.25. The molecule has 2 saturated heterocycles. The lowest BCUT2D eigenvalue weighted by Gasteiger charge is -2.47. The Morgan fingerprint density at radius 3 is 2.71 bits per heavy atom. The predicted molar refractivity (Wildman–Crippen MR) is 137 cm³/mol. The first-order valence-corrected chi connectivity index (χ1v) is 14.2. The van der Waals surface area contributed by atoms with Gasteiger partial charge in [-0.25, -0.2) is 4.98 Å². The number of amides is 1. The number of aromatic nitrogens is 1. The molecule has 3 aliphatic heterocycles. The van der Waals surface area contributed by atoms with E-state index in [1.54, 1.807) is 0 Å². The number of aryl methyl sites for hydroxylation is 1. The molecule has 3 fully saturated rings. The fraction of sp³-hybridized carbons (Fsp3) is 0.643. The van der Waals surface area contributed by atoms with Crippen LogP contribution in [0.2, 0.25) is 0 Å². The smallest absolute Gasteiger partial charge is 0.228 e. The van der Waals surface area contributed by atoms with Gasteiger partial charge in [-0.3, -0.25) is 4.79 Å². The summed E-state index contributed by atoms with van der Waals surface area (Å²) >= 11 is 1.82. The van der Waals surface area contributed by atoms with Crippen molar-refractivity contribution >= 4 is 17.2 Å². The molecule has 182 valence electrons. The van der Waals surface area contributed by atoms with Gasteiger partial charge >= 0.3 is 0 Å². The van der Waals surface area contributed by atoms with E-state index >= 15 is 0 Å². The topological polar surface area (TPSA) is 57.3 Å². The fourth-order valence-corrected chi connectivity index (χ4v) is 8.61. The molecule has 4 heterocycles. The summed E-state index contributed by atoms with van der Waals surface area (Å²) in [4.78, 5) is 23.0. The number of piperidine rings is 1. The van der Waals surface area contributed by atoms with Crippen molar-refractivity contribution < 1.29 is 4.79 Å². The molecule has 34 heavy (non-hydrogen) atoms. The lowest BCUT2D eigenvalue weighted by molar-refractivity contribution is -0.142. The summed E-state index contributed by atoms with van der Waals surface area (Å²) in [6.45, 7) is 6.36. The average Bonchev–Trinajstić information content (AvgIpc) is 3.48. The van der Waals surface area contributed by atoms with Gasteiger partial charge in [-0.15, -0.1) is 11.3 Å². The lowest BCUT2D eigenvalue weighted by atomic mass is 9.71. The summed E-state index contributed by atoms with van der Waals surface area (Å²) in [5, 5.41) is 8.36. The molecule has 1 saturated carbocycles. The molecule has 0 radical (unpaired) electrons. The Morgan fingerprint density at radius 2 is 1.88 bits per heavy atom. The number of nitrogens with zero attached hydrogens (tertiary/aromatic N) is 2. The van der Waals surface area contributed by atoms with Gasteiger partial charge in [-0.1, -0.05) is 49.6 Å². The number of thiazole rings is 1. The number of hydrogen-bond acceptors (Lipinski definition) is 5. The van der Waals surface area contributed by atoms with E-state index in [1.807, 2.05) is 11.3 Å². The van der Waals surface area contributed by atoms with E-state index in [1.165, 1.54) is 48.2 Å². The van der Waals surface area contributed by atoms with Crippen molar-refractivity contribution in [3.63, 3.8) is 0 Å². The number of carbonyl (C=O) groups excluding carboxylic acids is 1. The standard InChI is InChI=1S/C28H38N4OS/c1-19-31-24-16-30-18-28(26(24)34-19)17-29-15-23(28)27(33)32-13-12-22(20-8-4-2-5-9-20)14-25(32)21-10-6-3-7-11-21/h2,4-5,8-9,21-23,25,29-30H,3,6-7,10-18H2,1H3/t22-,23?,25+,28+/m1/s1. The number of fused-ring (bicyclic) bond motifs is 2. The van der Waals surface area contributed by atoms with Crippen molar-refractivity contribution in [2.75, 3.05) is 26.2 Å². The van der Waals surface area contributed by atoms with E-state index < -0.39 is 0 Å². The van der Waals surface area contributed by atoms with Crippen molar-refractivity contribution in [3.05, 3.63) is 51.5 Å². The molecule has 1 amide bonds. The first-order valence-electron chi connectivity index (χ1n) is 13.4. The number of benzene rings is 1. The molecule has 5 nitrogen and oxygen atoms in total. The highest BCUT2D eigenvalue weighted by Gasteiger charge is 2.53. The minimum atomic E-state index is -0.149. The van der Waals surface area contributed by atoms with Gasteiger partial charge < -0.3 is 15.5 Å². The minimum absolute atomic E-state index is 0.00161. The Hall–Kier alpha value is -1.76. The molecule has 1 spiro atoms. The first kappa shape index (κ1) is 22.7. The zero-order valence-corrected chi connectivity index (χ0v) is 21.2. The van der Waals surface area contributed by atoms with Crippen LogP contribution in [-0.4, -0.2) is 48.0 Å². The van der Waals surface area contributed by atoms with Gasteiger partial charge in [0.15, 0.2) is 0 Å². The molecular formula is C28H38N4OS. The predicted octanol–water partition coefficient (Wildman–Crippen LogP) is 4.37. The van der Waals surface area contributed by atoms with Crippen LogP contribution in [0.15, 0.2) is 30.3 Å². The summed E-state index contributed by atoms with van der Waals surface area (Å²) < 4.78 is 0. The monoisotopic (exact) mass is 478 g/mol. The van der Waals surface area contributed by atoms with Gasteiger partial charge in [0.25, 0.3) is 0 Å². The van der Waals surface area contributed by atoms with E-state index in [0.717, 1.165) is 50.6 Å². The Morgan fingerprint density at radius 1 is 1.09 bits per heavy atom. The van der Waals surface area contributed by atoms with Crippen molar-refractivity contribution in [3.8, 4) is 0 Å². The number of likely N-dealkylation sites (tertiary alicyclic amines) is 1. The van der Waals surface area contributed by atoms with Gasteiger partial charge in [0.05, 0.1) is 16.6 Å². The third kappa shape index (κ3) is 3.92. The number of rotatable bonds is 3. The van der Waals surface area contributed by atoms with E-state index in [4.69, 9.17) is 4.98 Å². The second kappa shape index (κ2) is 9.36. The highest BCUT2D eigenvalue weighted by molar-refractivity contribution is 7.11. The molecule has 1 aliphatic carbocycles. The highest BCUT2D eigenvalue weighted by atomic mass is 32.1. The third-order valence-corrected chi connectivity index (χ3v) is 10.4. The van der Waals surface area contributed by atoms with Gasteiger partial charge in [-0.05, 0) is 50.0 Å². The van der Waals surface area contributed by atoms with Crippen LogP contribution < -0.4 is 10.6 Å². The number of hydrogen-bond donors (Lipinski definition) is 2.